The van der Waals surface area contributed by atoms with Crippen LogP contribution in [0.15, 0.2) is 18.2 Å². The number of nitrogens with one attached hydrogen (secondary N) is 1. The Labute approximate surface area is 116 Å². The molecule has 1 spiro atoms. The molecule has 1 fully saturated rings. The molecule has 1 aromatic rings. The Morgan fingerprint density at radius 3 is 2.82 bits per heavy atom. The van der Waals surface area contributed by atoms with Crippen molar-refractivity contribution >= 4 is 0 Å². The van der Waals surface area contributed by atoms with Gasteiger partial charge in [0.05, 0.1) is 0 Å². The summed E-state index contributed by atoms with van der Waals surface area (Å²) in [6, 6.07) is 9.77. The third-order valence-corrected chi connectivity index (χ3v) is 4.26. The van der Waals surface area contributed by atoms with Crippen molar-refractivity contribution in [2.75, 3.05) is 6.54 Å². The summed E-state index contributed by atoms with van der Waals surface area (Å²) in [5, 5.41) is 3.80. The minimum atomic E-state index is 0. The van der Waals surface area contributed by atoms with Crippen LogP contribution in [-0.2, 0) is 31.4 Å². The van der Waals surface area contributed by atoms with Crippen LogP contribution in [0, 0.1) is 6.07 Å². The molecule has 0 saturated carbocycles. The van der Waals surface area contributed by atoms with E-state index in [9.17, 15) is 0 Å². The number of hydrogen-bond donors (Lipinski definition) is 1. The van der Waals surface area contributed by atoms with Crippen LogP contribution in [0.5, 0.6) is 0 Å². The summed E-state index contributed by atoms with van der Waals surface area (Å²) >= 11 is 0. The van der Waals surface area contributed by atoms with Crippen LogP contribution in [0.4, 0.5) is 0 Å². The van der Waals surface area contributed by atoms with Crippen LogP contribution in [-0.4, -0.2) is 12.1 Å². The molecule has 2 heteroatoms. The topological polar surface area (TPSA) is 12.0 Å². The molecule has 3 rings (SSSR count). The van der Waals surface area contributed by atoms with E-state index in [1.807, 2.05) is 0 Å². The molecule has 1 saturated heterocycles. The molecule has 91 valence electrons. The van der Waals surface area contributed by atoms with Gasteiger partial charge in [-0.3, -0.25) is 0 Å². The molecular formula is C15H20NV-. The van der Waals surface area contributed by atoms with Crippen LogP contribution in [0.2, 0.25) is 0 Å². The molecule has 1 atom stereocenters. The molecule has 1 radical (unpaired) electrons. The molecule has 1 aliphatic carbocycles. The van der Waals surface area contributed by atoms with Gasteiger partial charge in [0.25, 0.3) is 0 Å². The van der Waals surface area contributed by atoms with Gasteiger partial charge >= 0.3 is 0 Å². The zero-order chi connectivity index (χ0) is 10.8. The van der Waals surface area contributed by atoms with Crippen molar-refractivity contribution in [1.29, 1.82) is 0 Å². The van der Waals surface area contributed by atoms with Gasteiger partial charge in [0.1, 0.15) is 0 Å². The van der Waals surface area contributed by atoms with Gasteiger partial charge in [-0.25, -0.2) is 0 Å². The molecule has 1 unspecified atom stereocenters. The molecule has 2 aliphatic rings. The molecule has 0 aromatic heterocycles. The van der Waals surface area contributed by atoms with Crippen LogP contribution < -0.4 is 5.32 Å². The fourth-order valence-electron chi connectivity index (χ4n) is 3.37. The van der Waals surface area contributed by atoms with Gasteiger partial charge in [0.2, 0.25) is 0 Å². The van der Waals surface area contributed by atoms with E-state index < -0.39 is 0 Å². The van der Waals surface area contributed by atoms with Crippen LogP contribution >= 0.6 is 0 Å². The standard InChI is InChI=1S/C15H20N.V/c1-2-7-14-12-15(9-3-4-11-16-15)10-5-8-13(14)6-1;/h1,6-7,16H,3-5,8-12H2;/q-1;. The Kier molecular flexibility index (Phi) is 4.35. The zero-order valence-electron chi connectivity index (χ0n) is 10.3. The van der Waals surface area contributed by atoms with Gasteiger partial charge in [-0.1, -0.05) is 19.3 Å². The number of hydrogen-bond acceptors (Lipinski definition) is 1. The second-order valence-electron chi connectivity index (χ2n) is 5.39. The number of benzene rings is 1. The van der Waals surface area contributed by atoms with Gasteiger partial charge in [-0.2, -0.15) is 35.4 Å². The maximum Gasteiger partial charge on any atom is 0.0117 e. The third-order valence-electron chi connectivity index (χ3n) is 4.26. The van der Waals surface area contributed by atoms with Crippen LogP contribution in [0.3, 0.4) is 0 Å². The maximum atomic E-state index is 3.80. The quantitative estimate of drug-likeness (QED) is 0.711. The van der Waals surface area contributed by atoms with E-state index in [1.165, 1.54) is 57.1 Å². The van der Waals surface area contributed by atoms with Crippen molar-refractivity contribution < 1.29 is 18.6 Å². The Bertz CT molecular complexity index is 369. The fraction of sp³-hybridized carbons (Fsp3) is 0.600. The summed E-state index contributed by atoms with van der Waals surface area (Å²) < 4.78 is 0. The van der Waals surface area contributed by atoms with E-state index in [0.29, 0.717) is 5.54 Å². The molecular weight excluding hydrogens is 245 g/mol. The van der Waals surface area contributed by atoms with E-state index in [1.54, 1.807) is 5.56 Å². The molecule has 1 N–H and O–H groups in total. The summed E-state index contributed by atoms with van der Waals surface area (Å²) in [6.07, 6.45) is 9.29. The summed E-state index contributed by atoms with van der Waals surface area (Å²) in [7, 11) is 0. The molecule has 0 bridgehead atoms. The zero-order valence-corrected chi connectivity index (χ0v) is 11.7. The van der Waals surface area contributed by atoms with Gasteiger partial charge in [-0.15, -0.1) is 0 Å². The Morgan fingerprint density at radius 1 is 1.12 bits per heavy atom. The summed E-state index contributed by atoms with van der Waals surface area (Å²) in [5.41, 5.74) is 3.51. The minimum Gasteiger partial charge on any atom is -0.312 e. The Hall–Kier alpha value is -0.236. The van der Waals surface area contributed by atoms with Gasteiger partial charge in [0, 0.05) is 24.1 Å². The first-order valence-electron chi connectivity index (χ1n) is 6.61. The summed E-state index contributed by atoms with van der Waals surface area (Å²) in [4.78, 5) is 0. The monoisotopic (exact) mass is 265 g/mol. The SMILES string of the molecule is [V].[c-]1ccc2c(c1)CC1(CCCCN1)CCC2. The van der Waals surface area contributed by atoms with E-state index >= 15 is 0 Å². The van der Waals surface area contributed by atoms with E-state index in [4.69, 9.17) is 0 Å². The predicted octanol–water partition coefficient (Wildman–Crippen LogP) is 2.88. The first-order valence-corrected chi connectivity index (χ1v) is 6.61. The van der Waals surface area contributed by atoms with Crippen molar-refractivity contribution in [3.63, 3.8) is 0 Å². The first-order chi connectivity index (χ1) is 7.88. The average Bonchev–Trinajstić information content (AvgIpc) is 2.49. The van der Waals surface area contributed by atoms with Crippen LogP contribution in [0.1, 0.15) is 43.2 Å². The average molecular weight is 265 g/mol. The smallest absolute Gasteiger partial charge is 0.0117 e. The molecule has 17 heavy (non-hydrogen) atoms. The number of piperidine rings is 1. The van der Waals surface area contributed by atoms with Gasteiger partial charge in [0.15, 0.2) is 0 Å². The molecule has 0 amide bonds. The molecule has 1 nitrogen and oxygen atoms in total. The van der Waals surface area contributed by atoms with Crippen molar-refractivity contribution in [1.82, 2.24) is 5.32 Å². The van der Waals surface area contributed by atoms with Crippen LogP contribution in [0.25, 0.3) is 0 Å². The largest absolute Gasteiger partial charge is 0.312 e. The Balaban J connectivity index is 0.00000108. The van der Waals surface area contributed by atoms with Gasteiger partial charge in [-0.05, 0) is 32.2 Å². The number of rotatable bonds is 0. The predicted molar refractivity (Wildman–Crippen MR) is 66.5 cm³/mol. The van der Waals surface area contributed by atoms with Crippen molar-refractivity contribution in [3.05, 3.63) is 35.4 Å². The maximum absolute atomic E-state index is 3.80. The van der Waals surface area contributed by atoms with E-state index in [2.05, 4.69) is 29.6 Å². The fourth-order valence-corrected chi connectivity index (χ4v) is 3.37. The molecule has 1 aliphatic heterocycles. The first kappa shape index (κ1) is 13.2. The minimum absolute atomic E-state index is 0. The second-order valence-corrected chi connectivity index (χ2v) is 5.39. The molecule has 1 aromatic carbocycles. The van der Waals surface area contributed by atoms with Gasteiger partial charge < -0.3 is 5.32 Å². The number of fused-ring (bicyclic) bond motifs is 1. The van der Waals surface area contributed by atoms with Crippen molar-refractivity contribution in [2.24, 2.45) is 0 Å². The normalized spacial score (nSPS) is 28.0. The number of aryl methyl sites for hydroxylation is 1. The summed E-state index contributed by atoms with van der Waals surface area (Å²) in [5.74, 6) is 0. The van der Waals surface area contributed by atoms with E-state index in [-0.39, 0.29) is 18.6 Å². The van der Waals surface area contributed by atoms with Crippen molar-refractivity contribution in [2.45, 2.75) is 50.5 Å². The third kappa shape index (κ3) is 2.78. The molecule has 1 heterocycles. The Morgan fingerprint density at radius 2 is 2.00 bits per heavy atom. The summed E-state index contributed by atoms with van der Waals surface area (Å²) in [6.45, 7) is 1.21. The van der Waals surface area contributed by atoms with Crippen molar-refractivity contribution in [3.8, 4) is 0 Å². The van der Waals surface area contributed by atoms with E-state index in [0.717, 1.165) is 0 Å². The second kappa shape index (κ2) is 5.60.